The summed E-state index contributed by atoms with van der Waals surface area (Å²) >= 11 is 0. The number of hydrogen-bond acceptors (Lipinski definition) is 4. The van der Waals surface area contributed by atoms with Gasteiger partial charge in [-0.05, 0) is 43.5 Å². The molecule has 0 bridgehead atoms. The van der Waals surface area contributed by atoms with Crippen LogP contribution in [0.1, 0.15) is 24.8 Å². The Morgan fingerprint density at radius 2 is 1.50 bits per heavy atom. The number of amidine groups is 1. The van der Waals surface area contributed by atoms with Crippen molar-refractivity contribution in [3.8, 4) is 17.2 Å². The normalized spacial score (nSPS) is 10.4. The molecule has 0 spiro atoms. The molecule has 0 unspecified atom stereocenters. The molecule has 0 aliphatic rings. The fourth-order valence-corrected chi connectivity index (χ4v) is 2.27. The molecule has 140 valence electrons. The number of nitrogen functional groups attached to an aromatic ring is 1. The molecule has 7 heteroatoms. The minimum absolute atomic E-state index is 0.0224. The third-order valence-corrected chi connectivity index (χ3v) is 3.69. The van der Waals surface area contributed by atoms with Gasteiger partial charge in [0.25, 0.3) is 0 Å². The molecular weight excluding hydrogens is 342 g/mol. The van der Waals surface area contributed by atoms with Crippen molar-refractivity contribution in [2.75, 3.05) is 20.3 Å². The Bertz CT molecular complexity index is 736. The highest BCUT2D eigenvalue weighted by molar-refractivity contribution is 5.94. The summed E-state index contributed by atoms with van der Waals surface area (Å²) in [6.07, 6.45) is 2.43. The third kappa shape index (κ3) is 5.61. The van der Waals surface area contributed by atoms with Gasteiger partial charge in [-0.2, -0.15) is 0 Å². The maximum atomic E-state index is 13.3. The standard InChI is InChI=1S/C19H22F2N2O3/c1-24-17-11-15(20)16(21)12-18(17)26-10-4-2-3-9-25-14-7-5-13(6-8-14)19(22)23/h5-8,11-12H,2-4,9-10H2,1H3,(H3,22,23). The zero-order valence-electron chi connectivity index (χ0n) is 14.6. The lowest BCUT2D eigenvalue weighted by Crippen LogP contribution is -2.10. The molecule has 0 aliphatic heterocycles. The van der Waals surface area contributed by atoms with Crippen molar-refractivity contribution in [1.29, 1.82) is 5.41 Å². The van der Waals surface area contributed by atoms with Crippen molar-refractivity contribution < 1.29 is 23.0 Å². The Labute approximate surface area is 151 Å². The van der Waals surface area contributed by atoms with E-state index in [4.69, 9.17) is 25.4 Å². The van der Waals surface area contributed by atoms with Gasteiger partial charge in [-0.3, -0.25) is 5.41 Å². The van der Waals surface area contributed by atoms with Gasteiger partial charge in [0.05, 0.1) is 20.3 Å². The first-order chi connectivity index (χ1) is 12.5. The van der Waals surface area contributed by atoms with E-state index in [0.717, 1.165) is 37.1 Å². The predicted molar refractivity (Wildman–Crippen MR) is 95.2 cm³/mol. The summed E-state index contributed by atoms with van der Waals surface area (Å²) in [6, 6.07) is 8.98. The van der Waals surface area contributed by atoms with E-state index in [0.29, 0.717) is 18.8 Å². The van der Waals surface area contributed by atoms with Crippen LogP contribution in [-0.2, 0) is 0 Å². The molecule has 0 aromatic heterocycles. The molecule has 0 amide bonds. The molecule has 2 aromatic carbocycles. The number of unbranched alkanes of at least 4 members (excludes halogenated alkanes) is 2. The van der Waals surface area contributed by atoms with Crippen LogP contribution in [-0.4, -0.2) is 26.2 Å². The minimum atomic E-state index is -0.970. The summed E-state index contributed by atoms with van der Waals surface area (Å²) < 4.78 is 42.4. The number of methoxy groups -OCH3 is 1. The third-order valence-electron chi connectivity index (χ3n) is 3.69. The number of benzene rings is 2. The molecule has 3 N–H and O–H groups in total. The van der Waals surface area contributed by atoms with E-state index in [9.17, 15) is 8.78 Å². The first kappa shape index (κ1) is 19.5. The second-order valence-corrected chi connectivity index (χ2v) is 5.61. The fourth-order valence-electron chi connectivity index (χ4n) is 2.27. The smallest absolute Gasteiger partial charge is 0.164 e. The molecule has 2 rings (SSSR count). The van der Waals surface area contributed by atoms with Crippen molar-refractivity contribution in [3.63, 3.8) is 0 Å². The van der Waals surface area contributed by atoms with E-state index in [-0.39, 0.29) is 17.3 Å². The van der Waals surface area contributed by atoms with Crippen molar-refractivity contribution in [1.82, 2.24) is 0 Å². The number of rotatable bonds is 10. The lowest BCUT2D eigenvalue weighted by molar-refractivity contribution is 0.268. The molecule has 0 saturated carbocycles. The lowest BCUT2D eigenvalue weighted by atomic mass is 10.2. The minimum Gasteiger partial charge on any atom is -0.494 e. The summed E-state index contributed by atoms with van der Waals surface area (Å²) in [5.41, 5.74) is 6.05. The van der Waals surface area contributed by atoms with E-state index in [1.807, 2.05) is 0 Å². The van der Waals surface area contributed by atoms with Gasteiger partial charge in [-0.15, -0.1) is 0 Å². The maximum Gasteiger partial charge on any atom is 0.164 e. The average Bonchev–Trinajstić information content (AvgIpc) is 2.63. The summed E-state index contributed by atoms with van der Waals surface area (Å²) in [5.74, 6) is -0.839. The molecular formula is C19H22F2N2O3. The van der Waals surface area contributed by atoms with Crippen LogP contribution in [0.15, 0.2) is 36.4 Å². The lowest BCUT2D eigenvalue weighted by Gasteiger charge is -2.11. The SMILES string of the molecule is COc1cc(F)c(F)cc1OCCCCCOc1ccc(C(=N)N)cc1. The number of nitrogens with two attached hydrogens (primary N) is 1. The zero-order chi connectivity index (χ0) is 18.9. The second-order valence-electron chi connectivity index (χ2n) is 5.61. The Kier molecular flexibility index (Phi) is 7.20. The average molecular weight is 364 g/mol. The molecule has 0 atom stereocenters. The monoisotopic (exact) mass is 364 g/mol. The maximum absolute atomic E-state index is 13.3. The van der Waals surface area contributed by atoms with Gasteiger partial charge in [-0.25, -0.2) is 8.78 Å². The van der Waals surface area contributed by atoms with Gasteiger partial charge >= 0.3 is 0 Å². The van der Waals surface area contributed by atoms with E-state index >= 15 is 0 Å². The molecule has 0 radical (unpaired) electrons. The Morgan fingerprint density at radius 1 is 0.923 bits per heavy atom. The molecule has 5 nitrogen and oxygen atoms in total. The van der Waals surface area contributed by atoms with Crippen LogP contribution in [0, 0.1) is 17.0 Å². The highest BCUT2D eigenvalue weighted by Gasteiger charge is 2.11. The van der Waals surface area contributed by atoms with Crippen molar-refractivity contribution in [2.45, 2.75) is 19.3 Å². The van der Waals surface area contributed by atoms with Crippen molar-refractivity contribution in [3.05, 3.63) is 53.6 Å². The molecule has 0 fully saturated rings. The molecule has 26 heavy (non-hydrogen) atoms. The highest BCUT2D eigenvalue weighted by Crippen LogP contribution is 2.29. The van der Waals surface area contributed by atoms with Crippen LogP contribution in [0.4, 0.5) is 8.78 Å². The van der Waals surface area contributed by atoms with Crippen LogP contribution in [0.2, 0.25) is 0 Å². The topological polar surface area (TPSA) is 77.6 Å². The largest absolute Gasteiger partial charge is 0.494 e. The van der Waals surface area contributed by atoms with Crippen LogP contribution in [0.3, 0.4) is 0 Å². The molecule has 0 aliphatic carbocycles. The Balaban J connectivity index is 1.65. The van der Waals surface area contributed by atoms with Crippen LogP contribution in [0.25, 0.3) is 0 Å². The van der Waals surface area contributed by atoms with Gasteiger partial charge < -0.3 is 19.9 Å². The van der Waals surface area contributed by atoms with Gasteiger partial charge in [0.2, 0.25) is 0 Å². The van der Waals surface area contributed by atoms with Gasteiger partial charge in [0, 0.05) is 17.7 Å². The van der Waals surface area contributed by atoms with Gasteiger partial charge in [-0.1, -0.05) is 0 Å². The van der Waals surface area contributed by atoms with Crippen molar-refractivity contribution >= 4 is 5.84 Å². The number of halogens is 2. The zero-order valence-corrected chi connectivity index (χ0v) is 14.6. The molecule has 0 saturated heterocycles. The fraction of sp³-hybridized carbons (Fsp3) is 0.316. The first-order valence-electron chi connectivity index (χ1n) is 8.24. The quantitative estimate of drug-likeness (QED) is 0.381. The van der Waals surface area contributed by atoms with E-state index in [1.165, 1.54) is 7.11 Å². The second kappa shape index (κ2) is 9.60. The van der Waals surface area contributed by atoms with Crippen LogP contribution >= 0.6 is 0 Å². The summed E-state index contributed by atoms with van der Waals surface area (Å²) in [5, 5.41) is 7.33. The van der Waals surface area contributed by atoms with Crippen molar-refractivity contribution in [2.24, 2.45) is 5.73 Å². The summed E-state index contributed by atoms with van der Waals surface area (Å²) in [4.78, 5) is 0. The van der Waals surface area contributed by atoms with E-state index in [1.54, 1.807) is 24.3 Å². The van der Waals surface area contributed by atoms with Crippen LogP contribution < -0.4 is 19.9 Å². The molecule has 0 heterocycles. The number of nitrogens with one attached hydrogen (secondary N) is 1. The molecule has 2 aromatic rings. The van der Waals surface area contributed by atoms with E-state index < -0.39 is 11.6 Å². The Morgan fingerprint density at radius 3 is 2.08 bits per heavy atom. The van der Waals surface area contributed by atoms with E-state index in [2.05, 4.69) is 0 Å². The first-order valence-corrected chi connectivity index (χ1v) is 8.24. The van der Waals surface area contributed by atoms with Gasteiger partial charge in [0.15, 0.2) is 23.1 Å². The summed E-state index contributed by atoms with van der Waals surface area (Å²) in [7, 11) is 1.37. The Hall–Kier alpha value is -2.83. The van der Waals surface area contributed by atoms with Gasteiger partial charge in [0.1, 0.15) is 11.6 Å². The number of ether oxygens (including phenoxy) is 3. The highest BCUT2D eigenvalue weighted by atomic mass is 19.2. The number of hydrogen-bond donors (Lipinski definition) is 2. The predicted octanol–water partition coefficient (Wildman–Crippen LogP) is 3.89. The van der Waals surface area contributed by atoms with Crippen LogP contribution in [0.5, 0.6) is 17.2 Å². The summed E-state index contributed by atoms with van der Waals surface area (Å²) in [6.45, 7) is 0.919.